The van der Waals surface area contributed by atoms with Gasteiger partial charge in [-0.15, -0.1) is 0 Å². The highest BCUT2D eigenvalue weighted by Crippen LogP contribution is 1.72. The van der Waals surface area contributed by atoms with Crippen molar-refractivity contribution in [2.75, 3.05) is 7.05 Å². The van der Waals surface area contributed by atoms with Crippen molar-refractivity contribution < 1.29 is 9.90 Å². The van der Waals surface area contributed by atoms with E-state index in [-0.39, 0.29) is 0 Å². The third-order valence-electron chi connectivity index (χ3n) is 0.625. The first-order valence-corrected chi connectivity index (χ1v) is 2.12. The summed E-state index contributed by atoms with van der Waals surface area (Å²) in [7, 11) is 1.61. The van der Waals surface area contributed by atoms with Crippen molar-refractivity contribution in [2.24, 2.45) is 4.99 Å². The Labute approximate surface area is 47.2 Å². The lowest BCUT2D eigenvalue weighted by atomic mass is 10.7. The van der Waals surface area contributed by atoms with Crippen LogP contribution >= 0.6 is 0 Å². The molecular formula is C4H8N2O2. The smallest absolute Gasteiger partial charge is 0.432 e. The quantitative estimate of drug-likeness (QED) is 0.353. The first-order chi connectivity index (χ1) is 3.66. The minimum absolute atomic E-state index is 0.400. The first kappa shape index (κ1) is 6.94. The van der Waals surface area contributed by atoms with E-state index in [1.54, 1.807) is 14.0 Å². The Bertz CT molecular complexity index is 119. The second-order valence-electron chi connectivity index (χ2n) is 1.23. The molecule has 0 aliphatic heterocycles. The summed E-state index contributed by atoms with van der Waals surface area (Å²) in [5.74, 6) is 0.400. The summed E-state index contributed by atoms with van der Waals surface area (Å²) in [6.07, 6.45) is -1.17. The zero-order valence-electron chi connectivity index (χ0n) is 4.80. The lowest BCUT2D eigenvalue weighted by Gasteiger charge is -1.91. The maximum atomic E-state index is 9.74. The number of aliphatic imine (C=N–C) groups is 1. The van der Waals surface area contributed by atoms with Crippen molar-refractivity contribution in [3.05, 3.63) is 0 Å². The van der Waals surface area contributed by atoms with Gasteiger partial charge in [-0.2, -0.15) is 4.99 Å². The highest BCUT2D eigenvalue weighted by molar-refractivity contribution is 5.89. The van der Waals surface area contributed by atoms with Crippen LogP contribution in [0.4, 0.5) is 4.79 Å². The van der Waals surface area contributed by atoms with E-state index in [4.69, 9.17) is 5.11 Å². The zero-order chi connectivity index (χ0) is 6.57. The fraction of sp³-hybridized carbons (Fsp3) is 0.500. The van der Waals surface area contributed by atoms with Crippen LogP contribution in [0, 0.1) is 0 Å². The van der Waals surface area contributed by atoms with Crippen molar-refractivity contribution in [3.63, 3.8) is 0 Å². The number of carbonyl (C=O) groups is 1. The molecule has 0 saturated heterocycles. The zero-order valence-corrected chi connectivity index (χ0v) is 4.80. The summed E-state index contributed by atoms with van der Waals surface area (Å²) >= 11 is 0. The van der Waals surface area contributed by atoms with Gasteiger partial charge in [-0.3, -0.25) is 0 Å². The summed E-state index contributed by atoms with van der Waals surface area (Å²) in [6, 6.07) is 0. The van der Waals surface area contributed by atoms with Crippen LogP contribution in [-0.4, -0.2) is 24.1 Å². The number of nitrogens with zero attached hydrogens (tertiary/aromatic N) is 1. The molecule has 0 aromatic rings. The van der Waals surface area contributed by atoms with Gasteiger partial charge in [0.1, 0.15) is 5.84 Å². The molecule has 0 rings (SSSR count). The molecule has 8 heavy (non-hydrogen) atoms. The Kier molecular flexibility index (Phi) is 2.61. The van der Waals surface area contributed by atoms with E-state index in [2.05, 4.69) is 10.3 Å². The summed E-state index contributed by atoms with van der Waals surface area (Å²) in [6.45, 7) is 1.58. The first-order valence-electron chi connectivity index (χ1n) is 2.12. The normalized spacial score (nSPS) is 11.0. The van der Waals surface area contributed by atoms with Gasteiger partial charge in [0, 0.05) is 7.05 Å². The Balaban J connectivity index is 3.75. The molecule has 0 atom stereocenters. The third kappa shape index (κ3) is 3.14. The second kappa shape index (κ2) is 3.01. The van der Waals surface area contributed by atoms with Crippen LogP contribution in [0.2, 0.25) is 0 Å². The van der Waals surface area contributed by atoms with E-state index in [1.165, 1.54) is 0 Å². The topological polar surface area (TPSA) is 61.7 Å². The number of carboxylic acid groups (broad SMARTS) is 1. The van der Waals surface area contributed by atoms with Crippen molar-refractivity contribution in [1.29, 1.82) is 0 Å². The fourth-order valence-corrected chi connectivity index (χ4v) is 0.199. The predicted octanol–water partition coefficient (Wildman–Crippen LogP) is 0.302. The minimum atomic E-state index is -1.17. The molecular weight excluding hydrogens is 108 g/mol. The summed E-state index contributed by atoms with van der Waals surface area (Å²) in [5.41, 5.74) is 0. The number of amidine groups is 1. The molecule has 0 aromatic heterocycles. The Hall–Kier alpha value is -1.06. The van der Waals surface area contributed by atoms with E-state index in [0.717, 1.165) is 0 Å². The van der Waals surface area contributed by atoms with Crippen LogP contribution in [0.1, 0.15) is 6.92 Å². The average Bonchev–Trinajstić information content (AvgIpc) is 1.65. The fourth-order valence-electron chi connectivity index (χ4n) is 0.199. The van der Waals surface area contributed by atoms with Crippen molar-refractivity contribution in [1.82, 2.24) is 5.32 Å². The molecule has 2 N–H and O–H groups in total. The van der Waals surface area contributed by atoms with E-state index >= 15 is 0 Å². The van der Waals surface area contributed by atoms with Crippen LogP contribution in [0.3, 0.4) is 0 Å². The molecule has 0 unspecified atom stereocenters. The lowest BCUT2D eigenvalue weighted by molar-refractivity contribution is 0.205. The van der Waals surface area contributed by atoms with Gasteiger partial charge in [-0.1, -0.05) is 0 Å². The highest BCUT2D eigenvalue weighted by atomic mass is 16.4. The summed E-state index contributed by atoms with van der Waals surface area (Å²) in [4.78, 5) is 12.9. The van der Waals surface area contributed by atoms with Gasteiger partial charge in [0.15, 0.2) is 0 Å². The maximum absolute atomic E-state index is 9.74. The highest BCUT2D eigenvalue weighted by Gasteiger charge is 1.88. The summed E-state index contributed by atoms with van der Waals surface area (Å²) in [5, 5.41) is 10.6. The number of nitrogens with one attached hydrogen (secondary N) is 1. The Morgan fingerprint density at radius 3 is 2.38 bits per heavy atom. The Morgan fingerprint density at radius 1 is 1.75 bits per heavy atom. The molecule has 0 spiro atoms. The number of hydrogen-bond acceptors (Lipinski definition) is 1. The van der Waals surface area contributed by atoms with Gasteiger partial charge in [0.25, 0.3) is 0 Å². The number of rotatable bonds is 0. The predicted molar refractivity (Wildman–Crippen MR) is 30.2 cm³/mol. The largest absolute Gasteiger partial charge is 0.463 e. The van der Waals surface area contributed by atoms with Crippen molar-refractivity contribution >= 4 is 11.9 Å². The van der Waals surface area contributed by atoms with Crippen LogP contribution < -0.4 is 5.32 Å². The number of amides is 1. The van der Waals surface area contributed by atoms with E-state index in [9.17, 15) is 4.79 Å². The Morgan fingerprint density at radius 2 is 2.25 bits per heavy atom. The van der Waals surface area contributed by atoms with Gasteiger partial charge in [0.05, 0.1) is 0 Å². The van der Waals surface area contributed by atoms with Gasteiger partial charge < -0.3 is 10.4 Å². The van der Waals surface area contributed by atoms with Crippen LogP contribution in [-0.2, 0) is 0 Å². The third-order valence-corrected chi connectivity index (χ3v) is 0.625. The molecule has 4 nitrogen and oxygen atoms in total. The van der Waals surface area contributed by atoms with Crippen LogP contribution in [0.5, 0.6) is 0 Å². The van der Waals surface area contributed by atoms with E-state index in [1.807, 2.05) is 0 Å². The molecule has 4 heteroatoms. The molecule has 0 aliphatic carbocycles. The summed E-state index contributed by atoms with van der Waals surface area (Å²) < 4.78 is 0. The maximum Gasteiger partial charge on any atom is 0.432 e. The molecule has 0 aliphatic rings. The average molecular weight is 116 g/mol. The minimum Gasteiger partial charge on any atom is -0.463 e. The molecule has 0 fully saturated rings. The molecule has 0 bridgehead atoms. The molecule has 0 heterocycles. The van der Waals surface area contributed by atoms with E-state index < -0.39 is 6.09 Å². The monoisotopic (exact) mass is 116 g/mol. The molecule has 0 radical (unpaired) electrons. The molecule has 1 amide bonds. The van der Waals surface area contributed by atoms with Crippen molar-refractivity contribution in [3.8, 4) is 0 Å². The molecule has 0 saturated carbocycles. The van der Waals surface area contributed by atoms with Gasteiger partial charge in [0.2, 0.25) is 0 Å². The van der Waals surface area contributed by atoms with Gasteiger partial charge >= 0.3 is 6.09 Å². The van der Waals surface area contributed by atoms with Gasteiger partial charge in [-0.05, 0) is 6.92 Å². The number of hydrogen-bond donors (Lipinski definition) is 2. The lowest BCUT2D eigenvalue weighted by Crippen LogP contribution is -2.14. The van der Waals surface area contributed by atoms with Crippen LogP contribution in [0.15, 0.2) is 4.99 Å². The standard InChI is InChI=1S/C4H8N2O2/c1-3(5-2)6-4(7)8/h1-2H3,(H,5,6)(H,7,8). The van der Waals surface area contributed by atoms with Gasteiger partial charge in [-0.25, -0.2) is 4.79 Å². The van der Waals surface area contributed by atoms with Crippen molar-refractivity contribution in [2.45, 2.75) is 6.92 Å². The molecule has 0 aromatic carbocycles. The SMILES string of the molecule is CN/C(C)=N\C(=O)O. The van der Waals surface area contributed by atoms with Crippen LogP contribution in [0.25, 0.3) is 0 Å². The molecule has 46 valence electrons. The second-order valence-corrected chi connectivity index (χ2v) is 1.23. The van der Waals surface area contributed by atoms with E-state index in [0.29, 0.717) is 5.84 Å².